The molecule has 0 rings (SSSR count). The van der Waals surface area contributed by atoms with Crippen LogP contribution in [0.2, 0.25) is 0 Å². The summed E-state index contributed by atoms with van der Waals surface area (Å²) in [6.45, 7) is 7.29. The molecule has 0 saturated carbocycles. The van der Waals surface area contributed by atoms with E-state index < -0.39 is 7.82 Å². The Kier molecular flexibility index (Phi) is 37.6. The Morgan fingerprint density at radius 3 is 0.882 bits per heavy atom. The summed E-state index contributed by atoms with van der Waals surface area (Å²) in [4.78, 5) is 33.7. The zero-order chi connectivity index (χ0) is 14.7. The van der Waals surface area contributed by atoms with Crippen LogP contribution in [0.25, 0.3) is 0 Å². The summed E-state index contributed by atoms with van der Waals surface area (Å²) >= 11 is 0. The van der Waals surface area contributed by atoms with Crippen LogP contribution in [0.3, 0.4) is 0 Å². The van der Waals surface area contributed by atoms with Crippen molar-refractivity contribution in [2.75, 3.05) is 19.8 Å². The van der Waals surface area contributed by atoms with Gasteiger partial charge in [0, 0.05) is 0 Å². The summed E-state index contributed by atoms with van der Waals surface area (Å²) in [6.07, 6.45) is 0. The van der Waals surface area contributed by atoms with E-state index in [0.717, 1.165) is 0 Å². The molecule has 0 aliphatic heterocycles. The van der Waals surface area contributed by atoms with Crippen LogP contribution in [0.1, 0.15) is 20.8 Å². The maximum Gasteiger partial charge on any atom is 0.466 e. The predicted molar refractivity (Wildman–Crippen MR) is 61.7 cm³/mol. The molecule has 0 radical (unpaired) electrons. The standard InChI is InChI=1S/3C2H7NO.H3O4P/c3*1-2-4-3;1-5(2,3)4/h3*2-3H2,1H3;(H3,1,2,3,4). The second-order valence-electron chi connectivity index (χ2n) is 1.88. The molecular formula is C6H24N3O7P. The third kappa shape index (κ3) is 371. The zero-order valence-electron chi connectivity index (χ0n) is 10.3. The van der Waals surface area contributed by atoms with E-state index in [9.17, 15) is 0 Å². The lowest BCUT2D eigenvalue weighted by molar-refractivity contribution is 0.152. The molecule has 0 aromatic rings. The van der Waals surface area contributed by atoms with Gasteiger partial charge in [0.25, 0.3) is 0 Å². The highest BCUT2D eigenvalue weighted by Crippen LogP contribution is 2.25. The van der Waals surface area contributed by atoms with Crippen molar-refractivity contribution < 1.29 is 33.8 Å². The average molecular weight is 281 g/mol. The van der Waals surface area contributed by atoms with Crippen molar-refractivity contribution in [1.29, 1.82) is 0 Å². The monoisotopic (exact) mass is 281 g/mol. The van der Waals surface area contributed by atoms with Crippen molar-refractivity contribution in [3.63, 3.8) is 0 Å². The average Bonchev–Trinajstić information content (AvgIpc) is 2.27. The number of hydrogen-bond acceptors (Lipinski definition) is 7. The Morgan fingerprint density at radius 1 is 0.824 bits per heavy atom. The van der Waals surface area contributed by atoms with Crippen LogP contribution < -0.4 is 17.7 Å². The van der Waals surface area contributed by atoms with Crippen molar-refractivity contribution >= 4 is 7.82 Å². The summed E-state index contributed by atoms with van der Waals surface area (Å²) < 4.78 is 8.88. The first-order valence-corrected chi connectivity index (χ1v) is 6.04. The third-order valence-corrected chi connectivity index (χ3v) is 0.500. The van der Waals surface area contributed by atoms with E-state index in [1.165, 1.54) is 0 Å². The van der Waals surface area contributed by atoms with Crippen molar-refractivity contribution in [3.8, 4) is 0 Å². The smallest absolute Gasteiger partial charge is 0.305 e. The van der Waals surface area contributed by atoms with Gasteiger partial charge in [-0.25, -0.2) is 22.3 Å². The number of phosphoric acid groups is 1. The van der Waals surface area contributed by atoms with Crippen molar-refractivity contribution in [3.05, 3.63) is 0 Å². The van der Waals surface area contributed by atoms with Crippen LogP contribution in [0.15, 0.2) is 0 Å². The Morgan fingerprint density at radius 2 is 0.882 bits per heavy atom. The summed E-state index contributed by atoms with van der Waals surface area (Å²) in [6, 6.07) is 0. The van der Waals surface area contributed by atoms with E-state index in [-0.39, 0.29) is 0 Å². The van der Waals surface area contributed by atoms with Gasteiger partial charge in [-0.3, -0.25) is 0 Å². The van der Waals surface area contributed by atoms with Crippen LogP contribution in [0.5, 0.6) is 0 Å². The molecule has 0 aromatic heterocycles. The molecule has 0 atom stereocenters. The second kappa shape index (κ2) is 24.9. The van der Waals surface area contributed by atoms with Crippen LogP contribution >= 0.6 is 7.82 Å². The van der Waals surface area contributed by atoms with Gasteiger partial charge in [0.15, 0.2) is 0 Å². The van der Waals surface area contributed by atoms with E-state index >= 15 is 0 Å². The van der Waals surface area contributed by atoms with Gasteiger partial charge in [0.05, 0.1) is 19.8 Å². The molecule has 0 amide bonds. The minimum absolute atomic E-state index is 0.597. The molecule has 0 unspecified atom stereocenters. The summed E-state index contributed by atoms with van der Waals surface area (Å²) in [7, 11) is -4.64. The highest BCUT2D eigenvalue weighted by Gasteiger charge is 2.00. The fraction of sp³-hybridized carbons (Fsp3) is 1.00. The van der Waals surface area contributed by atoms with E-state index in [1.807, 2.05) is 20.8 Å². The van der Waals surface area contributed by atoms with Crippen molar-refractivity contribution in [2.45, 2.75) is 20.8 Å². The Bertz CT molecular complexity index is 122. The minimum atomic E-state index is -4.64. The number of nitrogens with two attached hydrogens (primary N) is 3. The Balaban J connectivity index is -0.0000000667. The Hall–Kier alpha value is -0.130. The van der Waals surface area contributed by atoms with E-state index in [1.54, 1.807) is 0 Å². The molecule has 9 N–H and O–H groups in total. The van der Waals surface area contributed by atoms with Gasteiger partial charge in [-0.2, -0.15) is 0 Å². The maximum atomic E-state index is 8.88. The summed E-state index contributed by atoms with van der Waals surface area (Å²) in [5.41, 5.74) is 0. The molecule has 17 heavy (non-hydrogen) atoms. The first-order chi connectivity index (χ1) is 7.74. The lowest BCUT2D eigenvalue weighted by Gasteiger charge is -1.82. The molecule has 11 heteroatoms. The first-order valence-electron chi connectivity index (χ1n) is 4.48. The molecule has 0 aromatic carbocycles. The van der Waals surface area contributed by atoms with Crippen LogP contribution in [-0.2, 0) is 19.1 Å². The molecule has 10 nitrogen and oxygen atoms in total. The molecule has 0 spiro atoms. The van der Waals surface area contributed by atoms with Crippen LogP contribution in [0, 0.1) is 0 Å². The summed E-state index contributed by atoms with van der Waals surface area (Å²) in [5.74, 6) is 13.6. The van der Waals surface area contributed by atoms with Crippen molar-refractivity contribution in [2.24, 2.45) is 17.7 Å². The minimum Gasteiger partial charge on any atom is -0.305 e. The molecular weight excluding hydrogens is 257 g/mol. The molecule has 110 valence electrons. The molecule has 0 aliphatic rings. The lowest BCUT2D eigenvalue weighted by Crippen LogP contribution is -1.94. The first kappa shape index (κ1) is 25.7. The van der Waals surface area contributed by atoms with Gasteiger partial charge in [-0.05, 0) is 20.8 Å². The molecule has 0 saturated heterocycles. The largest absolute Gasteiger partial charge is 0.466 e. The summed E-state index contributed by atoms with van der Waals surface area (Å²) in [5, 5.41) is 0. The SMILES string of the molecule is CCON.CCON.CCON.O=P(O)(O)O. The highest BCUT2D eigenvalue weighted by atomic mass is 31.2. The van der Waals surface area contributed by atoms with Gasteiger partial charge in [-0.15, -0.1) is 0 Å². The van der Waals surface area contributed by atoms with Crippen molar-refractivity contribution in [1.82, 2.24) is 0 Å². The van der Waals surface area contributed by atoms with E-state index in [2.05, 4.69) is 32.2 Å². The zero-order valence-corrected chi connectivity index (χ0v) is 11.2. The quantitative estimate of drug-likeness (QED) is 0.270. The van der Waals surface area contributed by atoms with Gasteiger partial charge in [0.1, 0.15) is 0 Å². The van der Waals surface area contributed by atoms with E-state index in [4.69, 9.17) is 19.2 Å². The fourth-order valence-corrected chi connectivity index (χ4v) is 0. The van der Waals surface area contributed by atoms with Gasteiger partial charge in [0.2, 0.25) is 0 Å². The van der Waals surface area contributed by atoms with E-state index in [0.29, 0.717) is 19.8 Å². The molecule has 0 aliphatic carbocycles. The second-order valence-corrected chi connectivity index (χ2v) is 2.91. The third-order valence-electron chi connectivity index (χ3n) is 0.500. The topological polar surface area (TPSA) is 184 Å². The van der Waals surface area contributed by atoms with Crippen LogP contribution in [0.4, 0.5) is 0 Å². The Labute approximate surface area is 101 Å². The van der Waals surface area contributed by atoms with Gasteiger partial charge >= 0.3 is 7.82 Å². The van der Waals surface area contributed by atoms with Gasteiger partial charge < -0.3 is 29.2 Å². The predicted octanol–water partition coefficient (Wildman–Crippen LogP) is -1.24. The van der Waals surface area contributed by atoms with Crippen LogP contribution in [-0.4, -0.2) is 34.5 Å². The normalized spacial score (nSPS) is 8.76. The lowest BCUT2D eigenvalue weighted by atomic mass is 10.9. The van der Waals surface area contributed by atoms with Gasteiger partial charge in [-0.1, -0.05) is 0 Å². The molecule has 0 fully saturated rings. The highest BCUT2D eigenvalue weighted by molar-refractivity contribution is 7.45. The number of hydrogen-bond donors (Lipinski definition) is 6. The molecule has 0 bridgehead atoms. The molecule has 0 heterocycles. The maximum absolute atomic E-state index is 8.88. The fourth-order valence-electron chi connectivity index (χ4n) is 0. The number of rotatable bonds is 3.